The van der Waals surface area contributed by atoms with E-state index in [0.717, 1.165) is 64.7 Å². The first-order chi connectivity index (χ1) is 13.6. The van der Waals surface area contributed by atoms with Gasteiger partial charge in [-0.1, -0.05) is 24.3 Å². The summed E-state index contributed by atoms with van der Waals surface area (Å²) in [5.74, 6) is 0.844. The molecule has 0 spiro atoms. The molecule has 2 atom stereocenters. The first kappa shape index (κ1) is 26.1. The maximum absolute atomic E-state index is 5.82. The van der Waals surface area contributed by atoms with Gasteiger partial charge in [0.1, 0.15) is 0 Å². The summed E-state index contributed by atoms with van der Waals surface area (Å²) in [6, 6.07) is 8.85. The van der Waals surface area contributed by atoms with Crippen molar-refractivity contribution in [2.24, 2.45) is 4.99 Å². The van der Waals surface area contributed by atoms with Gasteiger partial charge in [0, 0.05) is 53.0 Å². The second kappa shape index (κ2) is 15.0. The molecule has 0 aromatic heterocycles. The molecule has 0 aliphatic carbocycles. The molecular formula is C22H39IN4O2. The van der Waals surface area contributed by atoms with Crippen LogP contribution in [0.3, 0.4) is 0 Å². The Labute approximate surface area is 193 Å². The standard InChI is InChI=1S/C22H38N4O2.HI/c1-5-27-13-7-6-12-24-22(23-4)25-14-20-8-10-21(11-9-20)17-26-15-18(2)28-19(3)16-26;/h8-11,18-19H,5-7,12-17H2,1-4H3,(H2,23,24,25);1H. The van der Waals surface area contributed by atoms with Crippen LogP contribution in [0.4, 0.5) is 0 Å². The maximum atomic E-state index is 5.82. The average molecular weight is 518 g/mol. The van der Waals surface area contributed by atoms with E-state index in [2.05, 4.69) is 58.6 Å². The summed E-state index contributed by atoms with van der Waals surface area (Å²) in [5.41, 5.74) is 2.61. The largest absolute Gasteiger partial charge is 0.382 e. The predicted molar refractivity (Wildman–Crippen MR) is 131 cm³/mol. The third-order valence-corrected chi connectivity index (χ3v) is 4.82. The van der Waals surface area contributed by atoms with Crippen LogP contribution in [0.15, 0.2) is 29.3 Å². The van der Waals surface area contributed by atoms with Gasteiger partial charge >= 0.3 is 0 Å². The lowest BCUT2D eigenvalue weighted by molar-refractivity contribution is -0.0704. The molecule has 6 nitrogen and oxygen atoms in total. The number of benzene rings is 1. The van der Waals surface area contributed by atoms with Gasteiger partial charge in [-0.2, -0.15) is 0 Å². The smallest absolute Gasteiger partial charge is 0.191 e. The van der Waals surface area contributed by atoms with Gasteiger partial charge in [0.05, 0.1) is 12.2 Å². The highest BCUT2D eigenvalue weighted by Gasteiger charge is 2.21. The Morgan fingerprint density at radius 3 is 2.38 bits per heavy atom. The Hall–Kier alpha value is -0.900. The number of nitrogens with one attached hydrogen (secondary N) is 2. The van der Waals surface area contributed by atoms with Crippen molar-refractivity contribution in [1.82, 2.24) is 15.5 Å². The summed E-state index contributed by atoms with van der Waals surface area (Å²) in [4.78, 5) is 6.77. The molecule has 166 valence electrons. The molecular weight excluding hydrogens is 479 g/mol. The fraction of sp³-hybridized carbons (Fsp3) is 0.682. The van der Waals surface area contributed by atoms with Gasteiger partial charge in [-0.05, 0) is 44.7 Å². The average Bonchev–Trinajstić information content (AvgIpc) is 2.67. The van der Waals surface area contributed by atoms with Crippen LogP contribution in [0, 0.1) is 0 Å². The Bertz CT molecular complexity index is 573. The van der Waals surface area contributed by atoms with E-state index in [1.54, 1.807) is 0 Å². The number of aliphatic imine (C=N–C) groups is 1. The lowest BCUT2D eigenvalue weighted by Gasteiger charge is -2.35. The van der Waals surface area contributed by atoms with E-state index in [1.165, 1.54) is 11.1 Å². The predicted octanol–water partition coefficient (Wildman–Crippen LogP) is 3.40. The van der Waals surface area contributed by atoms with E-state index >= 15 is 0 Å². The number of rotatable bonds is 10. The molecule has 1 saturated heterocycles. The highest BCUT2D eigenvalue weighted by molar-refractivity contribution is 14.0. The van der Waals surface area contributed by atoms with Crippen LogP contribution in [0.25, 0.3) is 0 Å². The van der Waals surface area contributed by atoms with Gasteiger partial charge in [0.2, 0.25) is 0 Å². The Morgan fingerprint density at radius 1 is 1.10 bits per heavy atom. The second-order valence-electron chi connectivity index (χ2n) is 7.52. The van der Waals surface area contributed by atoms with Crippen LogP contribution >= 0.6 is 24.0 Å². The Balaban J connectivity index is 0.00000420. The number of unbranched alkanes of at least 4 members (excludes halogenated alkanes) is 1. The summed E-state index contributed by atoms with van der Waals surface area (Å²) in [6.07, 6.45) is 2.77. The highest BCUT2D eigenvalue weighted by atomic mass is 127. The van der Waals surface area contributed by atoms with Crippen molar-refractivity contribution in [3.63, 3.8) is 0 Å². The second-order valence-corrected chi connectivity index (χ2v) is 7.52. The molecule has 0 radical (unpaired) electrons. The number of hydrogen-bond donors (Lipinski definition) is 2. The molecule has 0 saturated carbocycles. The topological polar surface area (TPSA) is 58.1 Å². The molecule has 1 aliphatic rings. The first-order valence-corrected chi connectivity index (χ1v) is 10.6. The number of guanidine groups is 1. The number of ether oxygens (including phenoxy) is 2. The number of halogens is 1. The normalized spacial score (nSPS) is 20.2. The molecule has 1 heterocycles. The fourth-order valence-corrected chi connectivity index (χ4v) is 3.52. The van der Waals surface area contributed by atoms with Gasteiger partial charge in [-0.25, -0.2) is 0 Å². The van der Waals surface area contributed by atoms with Gasteiger partial charge in [-0.3, -0.25) is 9.89 Å². The number of morpholine rings is 1. The third-order valence-electron chi connectivity index (χ3n) is 4.82. The van der Waals surface area contributed by atoms with Crippen molar-refractivity contribution in [1.29, 1.82) is 0 Å². The van der Waals surface area contributed by atoms with Crippen LogP contribution in [0.1, 0.15) is 44.7 Å². The highest BCUT2D eigenvalue weighted by Crippen LogP contribution is 2.14. The van der Waals surface area contributed by atoms with E-state index in [-0.39, 0.29) is 24.0 Å². The summed E-state index contributed by atoms with van der Waals surface area (Å²) in [7, 11) is 1.81. The van der Waals surface area contributed by atoms with Crippen LogP contribution in [-0.2, 0) is 22.6 Å². The number of hydrogen-bond acceptors (Lipinski definition) is 4. The van der Waals surface area contributed by atoms with E-state index in [0.29, 0.717) is 12.2 Å². The summed E-state index contributed by atoms with van der Waals surface area (Å²) in [6.45, 7) is 12.6. The van der Waals surface area contributed by atoms with E-state index in [4.69, 9.17) is 9.47 Å². The Morgan fingerprint density at radius 2 is 1.76 bits per heavy atom. The molecule has 2 N–H and O–H groups in total. The van der Waals surface area contributed by atoms with Gasteiger partial charge in [0.15, 0.2) is 5.96 Å². The molecule has 1 aromatic carbocycles. The van der Waals surface area contributed by atoms with Crippen LogP contribution in [-0.4, -0.2) is 63.0 Å². The minimum atomic E-state index is 0. The maximum Gasteiger partial charge on any atom is 0.191 e. The van der Waals surface area contributed by atoms with Gasteiger partial charge in [-0.15, -0.1) is 24.0 Å². The molecule has 2 unspecified atom stereocenters. The van der Waals surface area contributed by atoms with Gasteiger partial charge < -0.3 is 20.1 Å². The minimum absolute atomic E-state index is 0. The Kier molecular flexibility index (Phi) is 13.5. The quantitative estimate of drug-likeness (QED) is 0.215. The third kappa shape index (κ3) is 10.6. The van der Waals surface area contributed by atoms with Crippen LogP contribution < -0.4 is 10.6 Å². The van der Waals surface area contributed by atoms with Crippen LogP contribution in [0.2, 0.25) is 0 Å². The van der Waals surface area contributed by atoms with E-state index in [9.17, 15) is 0 Å². The monoisotopic (exact) mass is 518 g/mol. The molecule has 2 rings (SSSR count). The van der Waals surface area contributed by atoms with Crippen molar-refractivity contribution in [2.75, 3.05) is 39.9 Å². The van der Waals surface area contributed by atoms with E-state index < -0.39 is 0 Å². The van der Waals surface area contributed by atoms with Crippen molar-refractivity contribution in [3.8, 4) is 0 Å². The minimum Gasteiger partial charge on any atom is -0.382 e. The van der Waals surface area contributed by atoms with Gasteiger partial charge in [0.25, 0.3) is 0 Å². The molecule has 1 aliphatic heterocycles. The van der Waals surface area contributed by atoms with Crippen molar-refractivity contribution >= 4 is 29.9 Å². The lowest BCUT2D eigenvalue weighted by atomic mass is 10.1. The van der Waals surface area contributed by atoms with Crippen molar-refractivity contribution in [2.45, 2.75) is 58.9 Å². The summed E-state index contributed by atoms with van der Waals surface area (Å²) < 4.78 is 11.2. The van der Waals surface area contributed by atoms with Crippen molar-refractivity contribution in [3.05, 3.63) is 35.4 Å². The molecule has 1 fully saturated rings. The zero-order valence-electron chi connectivity index (χ0n) is 18.4. The van der Waals surface area contributed by atoms with Crippen molar-refractivity contribution < 1.29 is 9.47 Å². The molecule has 7 heteroatoms. The van der Waals surface area contributed by atoms with Crippen LogP contribution in [0.5, 0.6) is 0 Å². The number of nitrogens with zero attached hydrogens (tertiary/aromatic N) is 2. The SMILES string of the molecule is CCOCCCCNC(=NC)NCc1ccc(CN2CC(C)OC(C)C2)cc1.I. The summed E-state index contributed by atoms with van der Waals surface area (Å²) in [5, 5.41) is 6.74. The molecule has 0 amide bonds. The molecule has 29 heavy (non-hydrogen) atoms. The zero-order valence-corrected chi connectivity index (χ0v) is 20.8. The lowest BCUT2D eigenvalue weighted by Crippen LogP contribution is -2.44. The summed E-state index contributed by atoms with van der Waals surface area (Å²) >= 11 is 0. The fourth-order valence-electron chi connectivity index (χ4n) is 3.52. The van der Waals surface area contributed by atoms with E-state index in [1.807, 2.05) is 14.0 Å². The molecule has 1 aromatic rings. The molecule has 0 bridgehead atoms. The first-order valence-electron chi connectivity index (χ1n) is 10.6. The zero-order chi connectivity index (χ0) is 20.2.